The van der Waals surface area contributed by atoms with Gasteiger partial charge in [-0.3, -0.25) is 4.79 Å². The highest BCUT2D eigenvalue weighted by Gasteiger charge is 2.38. The third kappa shape index (κ3) is 1.89. The zero-order chi connectivity index (χ0) is 14.4. The molecule has 5 heteroatoms. The van der Waals surface area contributed by atoms with E-state index in [9.17, 15) is 4.79 Å². The molecule has 1 aliphatic heterocycles. The molecule has 0 spiro atoms. The van der Waals surface area contributed by atoms with Crippen molar-refractivity contribution in [2.45, 2.75) is 13.0 Å². The van der Waals surface area contributed by atoms with E-state index in [1.807, 2.05) is 30.3 Å². The third-order valence-electron chi connectivity index (χ3n) is 3.84. The number of hydrogen-bond acceptors (Lipinski definition) is 4. The number of fused-ring (bicyclic) bond motifs is 2. The Morgan fingerprint density at radius 1 is 1.33 bits per heavy atom. The first-order chi connectivity index (χ1) is 10.3. The van der Waals surface area contributed by atoms with Gasteiger partial charge in [0.25, 0.3) is 5.91 Å². The first kappa shape index (κ1) is 12.1. The van der Waals surface area contributed by atoms with Gasteiger partial charge in [0.2, 0.25) is 0 Å². The van der Waals surface area contributed by atoms with E-state index in [1.165, 1.54) is 11.1 Å². The molecule has 0 unspecified atom stereocenters. The lowest BCUT2D eigenvalue weighted by molar-refractivity contribution is -0.117. The molecular weight excluding hydrogens is 266 g/mol. The monoisotopic (exact) mass is 279 g/mol. The van der Waals surface area contributed by atoms with Gasteiger partial charge < -0.3 is 10.1 Å². The smallest absolute Gasteiger partial charge is 0.272 e. The summed E-state index contributed by atoms with van der Waals surface area (Å²) in [4.78, 5) is 12.3. The summed E-state index contributed by atoms with van der Waals surface area (Å²) in [6.07, 6.45) is 3.01. The summed E-state index contributed by atoms with van der Waals surface area (Å²) in [5, 5.41) is 11.0. The maximum absolute atomic E-state index is 12.3. The summed E-state index contributed by atoms with van der Waals surface area (Å²) in [5.41, 5.74) is 5.61. The zero-order valence-corrected chi connectivity index (χ0v) is 11.5. The van der Waals surface area contributed by atoms with E-state index >= 15 is 0 Å². The minimum atomic E-state index is -0.201. The molecule has 2 aliphatic carbocycles. The molecule has 0 saturated heterocycles. The van der Waals surface area contributed by atoms with Crippen LogP contribution in [-0.4, -0.2) is 13.0 Å². The lowest BCUT2D eigenvalue weighted by Gasteiger charge is -2.09. The van der Waals surface area contributed by atoms with Gasteiger partial charge in [0.15, 0.2) is 5.70 Å². The van der Waals surface area contributed by atoms with Crippen LogP contribution in [-0.2, 0) is 11.3 Å². The van der Waals surface area contributed by atoms with E-state index in [4.69, 9.17) is 4.74 Å². The lowest BCUT2D eigenvalue weighted by atomic mass is 10.1. The Morgan fingerprint density at radius 3 is 3.05 bits per heavy atom. The van der Waals surface area contributed by atoms with E-state index in [-0.39, 0.29) is 5.91 Å². The highest BCUT2D eigenvalue weighted by molar-refractivity contribution is 5.97. The van der Waals surface area contributed by atoms with E-state index in [1.54, 1.807) is 7.11 Å². The molecule has 3 aliphatic rings. The van der Waals surface area contributed by atoms with Gasteiger partial charge in [-0.2, -0.15) is 0 Å². The standard InChI is InChI=1S/C16H13N3O2/c1-21-13-5-3-2-4-9(13)8-17-16(20)15-12-7-10-6-11(10)14(12)18-19-15/h2-5,7H,6,8H2,1H3,(H,17,20). The minimum absolute atomic E-state index is 0.201. The Morgan fingerprint density at radius 2 is 2.19 bits per heavy atom. The van der Waals surface area contributed by atoms with Crippen molar-refractivity contribution in [3.63, 3.8) is 0 Å². The van der Waals surface area contributed by atoms with E-state index in [0.29, 0.717) is 12.2 Å². The summed E-state index contributed by atoms with van der Waals surface area (Å²) in [7, 11) is 1.62. The first-order valence-corrected chi connectivity index (χ1v) is 6.78. The van der Waals surface area contributed by atoms with Gasteiger partial charge in [0.05, 0.1) is 12.8 Å². The summed E-state index contributed by atoms with van der Waals surface area (Å²) in [6, 6.07) is 7.61. The van der Waals surface area contributed by atoms with Crippen LogP contribution >= 0.6 is 0 Å². The van der Waals surface area contributed by atoms with Gasteiger partial charge in [0, 0.05) is 24.1 Å². The third-order valence-corrected chi connectivity index (χ3v) is 3.84. The van der Waals surface area contributed by atoms with Crippen molar-refractivity contribution in [3.05, 3.63) is 64.0 Å². The largest absolute Gasteiger partial charge is 0.496 e. The van der Waals surface area contributed by atoms with Crippen molar-refractivity contribution in [2.24, 2.45) is 10.2 Å². The molecule has 5 nitrogen and oxygen atoms in total. The number of nitrogens with zero attached hydrogens (tertiary/aromatic N) is 2. The van der Waals surface area contributed by atoms with Crippen LogP contribution in [0.2, 0.25) is 0 Å². The fraction of sp³-hybridized carbons (Fsp3) is 0.188. The van der Waals surface area contributed by atoms with Crippen molar-refractivity contribution in [1.29, 1.82) is 0 Å². The average Bonchev–Trinajstić information content (AvgIpc) is 3.00. The number of azo groups is 1. The Kier molecular flexibility index (Phi) is 2.54. The minimum Gasteiger partial charge on any atom is -0.496 e. The van der Waals surface area contributed by atoms with Crippen molar-refractivity contribution >= 4 is 5.91 Å². The Balaban J connectivity index is 1.51. The second kappa shape index (κ2) is 4.41. The molecule has 21 heavy (non-hydrogen) atoms. The summed E-state index contributed by atoms with van der Waals surface area (Å²) in [6.45, 7) is 0.400. The van der Waals surface area contributed by atoms with Crippen LogP contribution in [0.1, 0.15) is 12.0 Å². The predicted octanol–water partition coefficient (Wildman–Crippen LogP) is 2.63. The molecule has 0 bridgehead atoms. The van der Waals surface area contributed by atoms with Crippen molar-refractivity contribution in [1.82, 2.24) is 5.32 Å². The van der Waals surface area contributed by atoms with Crippen LogP contribution < -0.4 is 10.1 Å². The maximum atomic E-state index is 12.3. The van der Waals surface area contributed by atoms with Gasteiger partial charge in [-0.15, -0.1) is 10.2 Å². The number of amides is 1. The van der Waals surface area contributed by atoms with Crippen LogP contribution in [0.3, 0.4) is 0 Å². The molecule has 0 atom stereocenters. The number of rotatable bonds is 4. The Labute approximate surface area is 121 Å². The van der Waals surface area contributed by atoms with Gasteiger partial charge in [0.1, 0.15) is 5.75 Å². The van der Waals surface area contributed by atoms with Crippen LogP contribution in [0, 0.1) is 0 Å². The number of hydrogen-bond donors (Lipinski definition) is 1. The number of methoxy groups -OCH3 is 1. The SMILES string of the molecule is COc1ccccc1CNC(=O)C1=C2C=C3CC3=C2N=N1. The van der Waals surface area contributed by atoms with Gasteiger partial charge >= 0.3 is 0 Å². The summed E-state index contributed by atoms with van der Waals surface area (Å²) < 4.78 is 5.27. The molecular formula is C16H13N3O2. The molecule has 1 heterocycles. The molecule has 1 aromatic carbocycles. The number of allylic oxidation sites excluding steroid dienone is 3. The molecule has 4 rings (SSSR count). The maximum Gasteiger partial charge on any atom is 0.272 e. The van der Waals surface area contributed by atoms with Gasteiger partial charge in [-0.25, -0.2) is 0 Å². The number of para-hydroxylation sites is 1. The average molecular weight is 279 g/mol. The Bertz CT molecular complexity index is 784. The lowest BCUT2D eigenvalue weighted by Crippen LogP contribution is -2.24. The fourth-order valence-electron chi connectivity index (χ4n) is 2.65. The fourth-order valence-corrected chi connectivity index (χ4v) is 2.65. The molecule has 0 aromatic heterocycles. The quantitative estimate of drug-likeness (QED) is 0.920. The van der Waals surface area contributed by atoms with Crippen molar-refractivity contribution < 1.29 is 9.53 Å². The van der Waals surface area contributed by atoms with E-state index < -0.39 is 0 Å². The van der Waals surface area contributed by atoms with E-state index in [0.717, 1.165) is 29.0 Å². The van der Waals surface area contributed by atoms with Crippen LogP contribution in [0.5, 0.6) is 5.75 Å². The molecule has 1 N–H and O–H groups in total. The van der Waals surface area contributed by atoms with E-state index in [2.05, 4.69) is 15.5 Å². The second-order valence-electron chi connectivity index (χ2n) is 5.13. The van der Waals surface area contributed by atoms with Crippen LogP contribution in [0.4, 0.5) is 0 Å². The van der Waals surface area contributed by atoms with Crippen molar-refractivity contribution in [3.8, 4) is 5.75 Å². The van der Waals surface area contributed by atoms with Crippen molar-refractivity contribution in [2.75, 3.05) is 7.11 Å². The van der Waals surface area contributed by atoms with Crippen LogP contribution in [0.25, 0.3) is 0 Å². The number of carbonyl (C=O) groups is 1. The Hall–Kier alpha value is -2.69. The molecule has 104 valence electrons. The number of ether oxygens (including phenoxy) is 1. The highest BCUT2D eigenvalue weighted by Crippen LogP contribution is 2.51. The number of nitrogens with one attached hydrogen (secondary N) is 1. The van der Waals surface area contributed by atoms with Crippen LogP contribution in [0.15, 0.2) is 68.7 Å². The second-order valence-corrected chi connectivity index (χ2v) is 5.13. The number of benzene rings is 1. The molecule has 1 saturated carbocycles. The topological polar surface area (TPSA) is 63.0 Å². The summed E-state index contributed by atoms with van der Waals surface area (Å²) >= 11 is 0. The zero-order valence-electron chi connectivity index (χ0n) is 11.5. The number of carbonyl (C=O) groups excluding carboxylic acids is 1. The summed E-state index contributed by atoms with van der Waals surface area (Å²) in [5.74, 6) is 0.559. The van der Waals surface area contributed by atoms with Gasteiger partial charge in [-0.05, 0) is 23.3 Å². The predicted molar refractivity (Wildman–Crippen MR) is 76.4 cm³/mol. The van der Waals surface area contributed by atoms with Gasteiger partial charge in [-0.1, -0.05) is 18.2 Å². The molecule has 1 fully saturated rings. The molecule has 1 amide bonds. The first-order valence-electron chi connectivity index (χ1n) is 6.78. The highest BCUT2D eigenvalue weighted by atomic mass is 16.5. The normalized spacial score (nSPS) is 17.7. The molecule has 0 radical (unpaired) electrons. The molecule has 1 aromatic rings.